The van der Waals surface area contributed by atoms with Crippen LogP contribution in [0.4, 0.5) is 17.5 Å². The average molecular weight is 531 g/mol. The van der Waals surface area contributed by atoms with E-state index in [-0.39, 0.29) is 11.8 Å². The number of carbonyl (C=O) groups excluding carboxylic acids is 2. The van der Waals surface area contributed by atoms with E-state index in [9.17, 15) is 9.59 Å². The predicted molar refractivity (Wildman–Crippen MR) is 154 cm³/mol. The molecule has 10 nitrogen and oxygen atoms in total. The van der Waals surface area contributed by atoms with Gasteiger partial charge in [-0.05, 0) is 58.1 Å². The molecule has 1 aromatic carbocycles. The lowest BCUT2D eigenvalue weighted by molar-refractivity contribution is -0.135. The van der Waals surface area contributed by atoms with Crippen LogP contribution in [-0.2, 0) is 9.59 Å². The number of nitriles is 1. The van der Waals surface area contributed by atoms with Crippen molar-refractivity contribution in [2.24, 2.45) is 0 Å². The minimum absolute atomic E-state index is 0.204. The summed E-state index contributed by atoms with van der Waals surface area (Å²) in [6, 6.07) is 8.57. The van der Waals surface area contributed by atoms with Crippen molar-refractivity contribution in [3.63, 3.8) is 0 Å². The number of benzene rings is 1. The van der Waals surface area contributed by atoms with Crippen LogP contribution in [0, 0.1) is 23.2 Å². The number of hydrogen-bond donors (Lipinski definition) is 3. The molecule has 2 amide bonds. The van der Waals surface area contributed by atoms with E-state index in [1.54, 1.807) is 50.5 Å². The van der Waals surface area contributed by atoms with Crippen LogP contribution < -0.4 is 16.0 Å². The predicted octanol–water partition coefficient (Wildman–Crippen LogP) is 3.13. The van der Waals surface area contributed by atoms with Crippen molar-refractivity contribution >= 4 is 29.3 Å². The summed E-state index contributed by atoms with van der Waals surface area (Å²) in [5.74, 6) is 6.91. The Kier molecular flexibility index (Phi) is 13.0. The molecule has 0 aliphatic rings. The van der Waals surface area contributed by atoms with Crippen molar-refractivity contribution in [2.45, 2.75) is 39.2 Å². The minimum Gasteiger partial charge on any atom is -0.369 e. The third kappa shape index (κ3) is 10.8. The van der Waals surface area contributed by atoms with Crippen LogP contribution in [-0.4, -0.2) is 78.4 Å². The first kappa shape index (κ1) is 30.8. The van der Waals surface area contributed by atoms with Gasteiger partial charge in [0.1, 0.15) is 11.9 Å². The highest BCUT2D eigenvalue weighted by Crippen LogP contribution is 2.18. The Morgan fingerprint density at radius 3 is 2.56 bits per heavy atom. The Bertz CT molecular complexity index is 1220. The van der Waals surface area contributed by atoms with Gasteiger partial charge < -0.3 is 25.8 Å². The van der Waals surface area contributed by atoms with E-state index >= 15 is 0 Å². The van der Waals surface area contributed by atoms with Gasteiger partial charge in [0.05, 0.1) is 23.4 Å². The summed E-state index contributed by atoms with van der Waals surface area (Å²) in [4.78, 5) is 37.0. The van der Waals surface area contributed by atoms with Gasteiger partial charge in [-0.25, -0.2) is 4.98 Å². The Balaban J connectivity index is 1.88. The number of hydrogen-bond acceptors (Lipinski definition) is 8. The molecule has 1 aromatic heterocycles. The molecular weight excluding hydrogens is 492 g/mol. The number of nitrogens with one attached hydrogen (secondary N) is 3. The first-order valence-electron chi connectivity index (χ1n) is 13.0. The summed E-state index contributed by atoms with van der Waals surface area (Å²) in [7, 11) is 5.46. The van der Waals surface area contributed by atoms with Crippen molar-refractivity contribution in [3.8, 4) is 17.9 Å². The molecule has 39 heavy (non-hydrogen) atoms. The number of rotatable bonds is 13. The third-order valence-corrected chi connectivity index (χ3v) is 5.64. The summed E-state index contributed by atoms with van der Waals surface area (Å²) in [6.45, 7) is 5.64. The SMILES string of the molecule is CCCNc1nc(Nc2ccc(C#N)cc2)ncc1C#CCCCNC(=O)[C@@H](C)N(C)C(=O)C=CCN(C)C. The summed E-state index contributed by atoms with van der Waals surface area (Å²) in [5, 5.41) is 18.3. The summed E-state index contributed by atoms with van der Waals surface area (Å²) in [6.07, 6.45) is 7.11. The van der Waals surface area contributed by atoms with Gasteiger partial charge in [-0.2, -0.15) is 10.2 Å². The molecule has 3 N–H and O–H groups in total. The first-order chi connectivity index (χ1) is 18.7. The molecular formula is C29H38N8O2. The molecule has 0 aliphatic carbocycles. The zero-order chi connectivity index (χ0) is 28.6. The second-order valence-electron chi connectivity index (χ2n) is 9.18. The molecule has 0 bridgehead atoms. The number of amides is 2. The highest BCUT2D eigenvalue weighted by molar-refractivity contribution is 5.92. The fourth-order valence-corrected chi connectivity index (χ4v) is 3.21. The third-order valence-electron chi connectivity index (χ3n) is 5.64. The van der Waals surface area contributed by atoms with Gasteiger partial charge in [0.25, 0.3) is 0 Å². The maximum atomic E-state index is 12.4. The van der Waals surface area contributed by atoms with Gasteiger partial charge in [0, 0.05) is 44.9 Å². The molecule has 10 heteroatoms. The van der Waals surface area contributed by atoms with Crippen LogP contribution in [0.1, 0.15) is 44.2 Å². The standard InChI is InChI=1S/C29H38N8O2/c1-6-17-31-27-24(21-33-29(35-27)34-25-15-13-23(20-30)14-16-25)11-8-7-9-18-32-28(39)22(2)37(5)26(38)12-10-19-36(3)4/h10,12-16,21-22H,6-7,9,17-19H2,1-5H3,(H,32,39)(H2,31,33,34,35)/t22-/m1/s1. The lowest BCUT2D eigenvalue weighted by Crippen LogP contribution is -2.45. The normalized spacial score (nSPS) is 11.3. The highest BCUT2D eigenvalue weighted by atomic mass is 16.2. The second kappa shape index (κ2) is 16.4. The Morgan fingerprint density at radius 1 is 1.15 bits per heavy atom. The Labute approximate surface area is 231 Å². The van der Waals surface area contributed by atoms with E-state index in [2.05, 4.69) is 50.8 Å². The van der Waals surface area contributed by atoms with E-state index in [4.69, 9.17) is 5.26 Å². The second-order valence-corrected chi connectivity index (χ2v) is 9.18. The van der Waals surface area contributed by atoms with Gasteiger partial charge in [0.2, 0.25) is 17.8 Å². The van der Waals surface area contributed by atoms with Crippen molar-refractivity contribution in [2.75, 3.05) is 51.4 Å². The highest BCUT2D eigenvalue weighted by Gasteiger charge is 2.20. The minimum atomic E-state index is -0.576. The van der Waals surface area contributed by atoms with Crippen LogP contribution >= 0.6 is 0 Å². The largest absolute Gasteiger partial charge is 0.369 e. The van der Waals surface area contributed by atoms with Crippen molar-refractivity contribution in [1.82, 2.24) is 25.1 Å². The molecule has 0 radical (unpaired) electrons. The monoisotopic (exact) mass is 530 g/mol. The molecule has 0 spiro atoms. The van der Waals surface area contributed by atoms with Crippen LogP contribution in [0.25, 0.3) is 0 Å². The van der Waals surface area contributed by atoms with Gasteiger partial charge in [-0.15, -0.1) is 0 Å². The summed E-state index contributed by atoms with van der Waals surface area (Å²) < 4.78 is 0. The molecule has 0 unspecified atom stereocenters. The van der Waals surface area contributed by atoms with Crippen molar-refractivity contribution < 1.29 is 9.59 Å². The molecule has 2 rings (SSSR count). The van der Waals surface area contributed by atoms with E-state index < -0.39 is 6.04 Å². The van der Waals surface area contributed by atoms with Gasteiger partial charge in [0.15, 0.2) is 0 Å². The van der Waals surface area contributed by atoms with Crippen LogP contribution in [0.3, 0.4) is 0 Å². The lowest BCUT2D eigenvalue weighted by Gasteiger charge is -2.23. The molecule has 0 fully saturated rings. The van der Waals surface area contributed by atoms with Gasteiger partial charge in [-0.1, -0.05) is 24.8 Å². The van der Waals surface area contributed by atoms with Gasteiger partial charge >= 0.3 is 0 Å². The smallest absolute Gasteiger partial charge is 0.246 e. The first-order valence-corrected chi connectivity index (χ1v) is 13.0. The lowest BCUT2D eigenvalue weighted by atomic mass is 10.2. The zero-order valence-electron chi connectivity index (χ0n) is 23.4. The number of likely N-dealkylation sites (N-methyl/N-ethyl adjacent to an activating group) is 2. The van der Waals surface area contributed by atoms with E-state index in [1.165, 1.54) is 11.0 Å². The fourth-order valence-electron chi connectivity index (χ4n) is 3.21. The number of nitrogens with zero attached hydrogens (tertiary/aromatic N) is 5. The van der Waals surface area contributed by atoms with E-state index in [0.717, 1.165) is 18.7 Å². The molecule has 0 saturated carbocycles. The Morgan fingerprint density at radius 2 is 1.90 bits per heavy atom. The average Bonchev–Trinajstić information content (AvgIpc) is 2.93. The molecule has 1 atom stereocenters. The topological polar surface area (TPSA) is 126 Å². The number of unbranched alkanes of at least 4 members (excludes halogenated alkanes) is 1. The van der Waals surface area contributed by atoms with Gasteiger partial charge in [-0.3, -0.25) is 9.59 Å². The molecule has 1 heterocycles. The van der Waals surface area contributed by atoms with Crippen molar-refractivity contribution in [3.05, 3.63) is 53.7 Å². The number of carbonyl (C=O) groups is 2. The van der Waals surface area contributed by atoms with Crippen LogP contribution in [0.2, 0.25) is 0 Å². The molecule has 0 aliphatic heterocycles. The van der Waals surface area contributed by atoms with Crippen molar-refractivity contribution in [1.29, 1.82) is 5.26 Å². The molecule has 206 valence electrons. The number of anilines is 3. The fraction of sp³-hybridized carbons (Fsp3) is 0.414. The van der Waals surface area contributed by atoms with E-state index in [0.29, 0.717) is 48.8 Å². The summed E-state index contributed by atoms with van der Waals surface area (Å²) in [5.41, 5.74) is 2.05. The molecule has 2 aromatic rings. The van der Waals surface area contributed by atoms with Crippen LogP contribution in [0.5, 0.6) is 0 Å². The van der Waals surface area contributed by atoms with Crippen LogP contribution in [0.15, 0.2) is 42.6 Å². The van der Waals surface area contributed by atoms with E-state index in [1.807, 2.05) is 19.0 Å². The zero-order valence-corrected chi connectivity index (χ0v) is 23.4. The maximum absolute atomic E-state index is 12.4. The maximum Gasteiger partial charge on any atom is 0.246 e. The Hall–Kier alpha value is -4.41. The molecule has 0 saturated heterocycles. The quantitative estimate of drug-likeness (QED) is 0.205. The summed E-state index contributed by atoms with van der Waals surface area (Å²) >= 11 is 0. The number of aromatic nitrogens is 2.